The van der Waals surface area contributed by atoms with Gasteiger partial charge in [-0.05, 0) is 78.2 Å². The van der Waals surface area contributed by atoms with E-state index in [0.29, 0.717) is 6.54 Å². The molecule has 0 saturated carbocycles. The van der Waals surface area contributed by atoms with Gasteiger partial charge in [0.25, 0.3) is 0 Å². The molecule has 1 N–H and O–H groups in total. The molecule has 4 aromatic rings. The van der Waals surface area contributed by atoms with Crippen LogP contribution in [0.1, 0.15) is 18.9 Å². The Morgan fingerprint density at radius 1 is 0.912 bits per heavy atom. The molecule has 0 aliphatic carbocycles. The number of methoxy groups -OCH3 is 2. The predicted octanol–water partition coefficient (Wildman–Crippen LogP) is 6.92. The van der Waals surface area contributed by atoms with Gasteiger partial charge in [-0.2, -0.15) is 0 Å². The number of carbonyl (C=O) groups is 1. The summed E-state index contributed by atoms with van der Waals surface area (Å²) in [5.74, 6) is 3.04. The van der Waals surface area contributed by atoms with Gasteiger partial charge in [-0.25, -0.2) is 0 Å². The van der Waals surface area contributed by atoms with Gasteiger partial charge in [-0.15, -0.1) is 11.3 Å². The van der Waals surface area contributed by atoms with Crippen LogP contribution in [0.15, 0.2) is 72.8 Å². The van der Waals surface area contributed by atoms with Crippen LogP contribution in [-0.4, -0.2) is 26.7 Å². The van der Waals surface area contributed by atoms with Crippen LogP contribution in [0.4, 0.5) is 0 Å². The normalized spacial score (nSPS) is 11.0. The maximum atomic E-state index is 11.8. The monoisotopic (exact) mass is 473 g/mol. The van der Waals surface area contributed by atoms with Gasteiger partial charge in [-0.3, -0.25) is 4.79 Å². The first-order valence-electron chi connectivity index (χ1n) is 11.1. The van der Waals surface area contributed by atoms with Crippen LogP contribution in [-0.2, 0) is 4.79 Å². The average molecular weight is 474 g/mol. The summed E-state index contributed by atoms with van der Waals surface area (Å²) in [5, 5.41) is 3.85. The van der Waals surface area contributed by atoms with E-state index in [-0.39, 0.29) is 5.91 Å². The molecule has 0 atom stereocenters. The molecule has 0 spiro atoms. The fraction of sp³-hybridized carbons (Fsp3) is 0.179. The molecule has 0 fully saturated rings. The Morgan fingerprint density at radius 3 is 2.26 bits per heavy atom. The lowest BCUT2D eigenvalue weighted by Crippen LogP contribution is -2.21. The van der Waals surface area contributed by atoms with Crippen molar-refractivity contribution in [1.82, 2.24) is 5.32 Å². The standard InChI is InChI=1S/C28H27NO4S/c1-4-17-29-26(30)16-7-19-5-10-22(11-6-19)33-27-24-15-14-23(32-3)18-25(24)34-28(27)20-8-12-21(31-2)13-9-20/h5-16,18H,4,17H2,1-3H3,(H,29,30)/b16-7+. The van der Waals surface area contributed by atoms with Crippen molar-refractivity contribution in [3.05, 3.63) is 78.4 Å². The zero-order valence-corrected chi connectivity index (χ0v) is 20.3. The topological polar surface area (TPSA) is 56.8 Å². The maximum Gasteiger partial charge on any atom is 0.243 e. The van der Waals surface area contributed by atoms with Gasteiger partial charge in [0.05, 0.1) is 19.1 Å². The van der Waals surface area contributed by atoms with Gasteiger partial charge >= 0.3 is 0 Å². The highest BCUT2D eigenvalue weighted by Gasteiger charge is 2.17. The number of amides is 1. The number of rotatable bonds is 9. The fourth-order valence-corrected chi connectivity index (χ4v) is 4.62. The van der Waals surface area contributed by atoms with Crippen molar-refractivity contribution in [3.8, 4) is 33.4 Å². The molecular formula is C28H27NO4S. The van der Waals surface area contributed by atoms with E-state index < -0.39 is 0 Å². The number of carbonyl (C=O) groups excluding carboxylic acids is 1. The van der Waals surface area contributed by atoms with Crippen molar-refractivity contribution in [1.29, 1.82) is 0 Å². The second kappa shape index (κ2) is 10.9. The molecule has 0 aliphatic rings. The molecule has 1 amide bonds. The Labute approximate surface area is 203 Å². The molecule has 6 heteroatoms. The Hall–Kier alpha value is -3.77. The molecule has 4 rings (SSSR count). The minimum atomic E-state index is -0.0912. The fourth-order valence-electron chi connectivity index (χ4n) is 3.46. The minimum Gasteiger partial charge on any atom is -0.497 e. The van der Waals surface area contributed by atoms with E-state index in [1.54, 1.807) is 37.7 Å². The van der Waals surface area contributed by atoms with E-state index in [1.165, 1.54) is 0 Å². The number of nitrogens with one attached hydrogen (secondary N) is 1. The summed E-state index contributed by atoms with van der Waals surface area (Å²) < 4.78 is 18.2. The number of thiophene rings is 1. The van der Waals surface area contributed by atoms with Crippen molar-refractivity contribution in [2.45, 2.75) is 13.3 Å². The summed E-state index contributed by atoms with van der Waals surface area (Å²) in [6.07, 6.45) is 4.26. The third-order valence-electron chi connectivity index (χ3n) is 5.28. The number of fused-ring (bicyclic) bond motifs is 1. The van der Waals surface area contributed by atoms with E-state index >= 15 is 0 Å². The Bertz CT molecular complexity index is 1290. The summed E-state index contributed by atoms with van der Waals surface area (Å²) in [4.78, 5) is 12.8. The van der Waals surface area contributed by atoms with Crippen molar-refractivity contribution >= 4 is 33.4 Å². The lowest BCUT2D eigenvalue weighted by molar-refractivity contribution is -0.116. The minimum absolute atomic E-state index is 0.0912. The van der Waals surface area contributed by atoms with Crippen LogP contribution in [0.25, 0.3) is 26.6 Å². The second-order valence-electron chi connectivity index (χ2n) is 7.65. The van der Waals surface area contributed by atoms with E-state index in [1.807, 2.05) is 73.7 Å². The Kier molecular flexibility index (Phi) is 7.50. The molecule has 0 radical (unpaired) electrons. The zero-order chi connectivity index (χ0) is 23.9. The quantitative estimate of drug-likeness (QED) is 0.268. The van der Waals surface area contributed by atoms with Crippen LogP contribution in [0.2, 0.25) is 0 Å². The van der Waals surface area contributed by atoms with Gasteiger partial charge < -0.3 is 19.5 Å². The summed E-state index contributed by atoms with van der Waals surface area (Å²) in [5.41, 5.74) is 1.97. The summed E-state index contributed by atoms with van der Waals surface area (Å²) in [6.45, 7) is 2.70. The first kappa shape index (κ1) is 23.4. The van der Waals surface area contributed by atoms with Crippen molar-refractivity contribution < 1.29 is 19.0 Å². The van der Waals surface area contributed by atoms with Gasteiger partial charge in [0.15, 0.2) is 5.75 Å². The highest BCUT2D eigenvalue weighted by Crippen LogP contribution is 2.47. The Balaban J connectivity index is 1.63. The number of hydrogen-bond acceptors (Lipinski definition) is 5. The zero-order valence-electron chi connectivity index (χ0n) is 19.5. The Morgan fingerprint density at radius 2 is 1.59 bits per heavy atom. The lowest BCUT2D eigenvalue weighted by Gasteiger charge is -2.09. The molecule has 5 nitrogen and oxygen atoms in total. The van der Waals surface area contributed by atoms with Crippen molar-refractivity contribution in [3.63, 3.8) is 0 Å². The molecule has 0 saturated heterocycles. The van der Waals surface area contributed by atoms with Crippen LogP contribution in [0.3, 0.4) is 0 Å². The highest BCUT2D eigenvalue weighted by molar-refractivity contribution is 7.22. The molecule has 34 heavy (non-hydrogen) atoms. The smallest absolute Gasteiger partial charge is 0.243 e. The molecule has 0 aliphatic heterocycles. The van der Waals surface area contributed by atoms with Gasteiger partial charge in [0.2, 0.25) is 5.91 Å². The second-order valence-corrected chi connectivity index (χ2v) is 8.70. The molecule has 174 valence electrons. The first-order valence-corrected chi connectivity index (χ1v) is 11.9. The third-order valence-corrected chi connectivity index (χ3v) is 6.46. The molecule has 1 heterocycles. The van der Waals surface area contributed by atoms with E-state index in [4.69, 9.17) is 14.2 Å². The molecule has 1 aromatic heterocycles. The van der Waals surface area contributed by atoms with E-state index in [9.17, 15) is 4.79 Å². The first-order chi connectivity index (χ1) is 16.6. The molecular weight excluding hydrogens is 446 g/mol. The summed E-state index contributed by atoms with van der Waals surface area (Å²) >= 11 is 1.66. The van der Waals surface area contributed by atoms with Crippen LogP contribution in [0.5, 0.6) is 23.0 Å². The third kappa shape index (κ3) is 5.41. The lowest BCUT2D eigenvalue weighted by atomic mass is 10.1. The van der Waals surface area contributed by atoms with E-state index in [2.05, 4.69) is 5.32 Å². The van der Waals surface area contributed by atoms with Crippen LogP contribution in [0, 0.1) is 0 Å². The van der Waals surface area contributed by atoms with Crippen molar-refractivity contribution in [2.75, 3.05) is 20.8 Å². The average Bonchev–Trinajstić information content (AvgIpc) is 3.24. The van der Waals surface area contributed by atoms with Crippen molar-refractivity contribution in [2.24, 2.45) is 0 Å². The predicted molar refractivity (Wildman–Crippen MR) is 139 cm³/mol. The summed E-state index contributed by atoms with van der Waals surface area (Å²) in [6, 6.07) is 21.6. The number of ether oxygens (including phenoxy) is 3. The molecule has 3 aromatic carbocycles. The van der Waals surface area contributed by atoms with Crippen LogP contribution >= 0.6 is 11.3 Å². The van der Waals surface area contributed by atoms with Gasteiger partial charge in [-0.1, -0.05) is 19.1 Å². The van der Waals surface area contributed by atoms with Gasteiger partial charge in [0.1, 0.15) is 17.2 Å². The van der Waals surface area contributed by atoms with E-state index in [0.717, 1.165) is 55.5 Å². The maximum absolute atomic E-state index is 11.8. The molecule has 0 bridgehead atoms. The largest absolute Gasteiger partial charge is 0.497 e. The highest BCUT2D eigenvalue weighted by atomic mass is 32.1. The molecule has 0 unspecified atom stereocenters. The number of benzene rings is 3. The van der Waals surface area contributed by atoms with Crippen LogP contribution < -0.4 is 19.5 Å². The SMILES string of the molecule is CCCNC(=O)/C=C/c1ccc(Oc2c(-c3ccc(OC)cc3)sc3cc(OC)ccc23)cc1. The summed E-state index contributed by atoms with van der Waals surface area (Å²) in [7, 11) is 3.33. The number of hydrogen-bond donors (Lipinski definition) is 1. The van der Waals surface area contributed by atoms with Gasteiger partial charge in [0, 0.05) is 22.7 Å².